The summed E-state index contributed by atoms with van der Waals surface area (Å²) in [7, 11) is 0. The molecule has 5 heteroatoms. The van der Waals surface area contributed by atoms with E-state index in [1.165, 1.54) is 15.6 Å². The van der Waals surface area contributed by atoms with Gasteiger partial charge in [0, 0.05) is 22.2 Å². The molecule has 0 fully saturated rings. The van der Waals surface area contributed by atoms with Crippen molar-refractivity contribution in [2.75, 3.05) is 0 Å². The van der Waals surface area contributed by atoms with Crippen LogP contribution in [0.2, 0.25) is 0 Å². The summed E-state index contributed by atoms with van der Waals surface area (Å²) in [5.41, 5.74) is 3.91. The number of hydrogen-bond acceptors (Lipinski definition) is 4. The zero-order valence-corrected chi connectivity index (χ0v) is 14.6. The van der Waals surface area contributed by atoms with Gasteiger partial charge in [0.15, 0.2) is 0 Å². The van der Waals surface area contributed by atoms with Gasteiger partial charge in [0.25, 0.3) is 0 Å². The Bertz CT molecular complexity index is 1190. The van der Waals surface area contributed by atoms with E-state index in [1.807, 2.05) is 30.6 Å². The van der Waals surface area contributed by atoms with Crippen molar-refractivity contribution in [3.05, 3.63) is 84.6 Å². The van der Waals surface area contributed by atoms with Gasteiger partial charge in [0.2, 0.25) is 0 Å². The van der Waals surface area contributed by atoms with Crippen LogP contribution in [0.5, 0.6) is 0 Å². The van der Waals surface area contributed by atoms with Crippen molar-refractivity contribution in [3.8, 4) is 27.4 Å². The maximum Gasteiger partial charge on any atom is 0.114 e. The van der Waals surface area contributed by atoms with E-state index in [0.29, 0.717) is 0 Å². The van der Waals surface area contributed by atoms with Gasteiger partial charge in [-0.2, -0.15) is 0 Å². The number of thiophene rings is 1. The van der Waals surface area contributed by atoms with Crippen LogP contribution in [0.3, 0.4) is 0 Å². The third-order valence-electron chi connectivity index (χ3n) is 4.35. The zero-order chi connectivity index (χ0) is 17.3. The molecule has 4 nitrogen and oxygen atoms in total. The Morgan fingerprint density at radius 2 is 1.81 bits per heavy atom. The molecule has 26 heavy (non-hydrogen) atoms. The average Bonchev–Trinajstić information content (AvgIpc) is 3.40. The van der Waals surface area contributed by atoms with Crippen molar-refractivity contribution in [1.82, 2.24) is 20.0 Å². The quantitative estimate of drug-likeness (QED) is 0.447. The van der Waals surface area contributed by atoms with Gasteiger partial charge in [0.05, 0.1) is 18.1 Å². The van der Waals surface area contributed by atoms with Crippen molar-refractivity contribution in [2.24, 2.45) is 0 Å². The molecule has 5 aromatic rings. The molecule has 0 bridgehead atoms. The number of hydrogen-bond donors (Lipinski definition) is 0. The fourth-order valence-electron chi connectivity index (χ4n) is 3.09. The van der Waals surface area contributed by atoms with Gasteiger partial charge in [0.1, 0.15) is 5.69 Å². The molecule has 0 aliphatic rings. The lowest BCUT2D eigenvalue weighted by atomic mass is 10.0. The maximum absolute atomic E-state index is 4.39. The Labute approximate surface area is 154 Å². The topological polar surface area (TPSA) is 43.6 Å². The van der Waals surface area contributed by atoms with Crippen LogP contribution in [-0.4, -0.2) is 20.0 Å². The average molecular weight is 354 g/mol. The van der Waals surface area contributed by atoms with Crippen LogP contribution in [0, 0.1) is 0 Å². The van der Waals surface area contributed by atoms with E-state index < -0.39 is 0 Å². The lowest BCUT2D eigenvalue weighted by Crippen LogP contribution is -1.96. The van der Waals surface area contributed by atoms with Crippen LogP contribution in [0.15, 0.2) is 84.6 Å². The maximum atomic E-state index is 4.39. The summed E-state index contributed by atoms with van der Waals surface area (Å²) in [5, 5.41) is 13.1. The van der Waals surface area contributed by atoms with Crippen LogP contribution < -0.4 is 0 Å². The summed E-state index contributed by atoms with van der Waals surface area (Å²) in [4.78, 5) is 5.56. The summed E-state index contributed by atoms with van der Waals surface area (Å²) in [6.07, 6.45) is 5.63. The highest BCUT2D eigenvalue weighted by molar-refractivity contribution is 7.13. The Balaban J connectivity index is 1.58. The molecule has 0 saturated heterocycles. The number of fused-ring (bicyclic) bond motifs is 1. The SMILES string of the molecule is c1csc(-c2cncc(-n3cc(-c4cccc5ccccc45)nn3)c2)c1. The number of aromatic nitrogens is 4. The molecular formula is C21H14N4S. The van der Waals surface area contributed by atoms with Crippen molar-refractivity contribution in [3.63, 3.8) is 0 Å². The standard InChI is InChI=1S/C21H14N4S/c1-2-7-18-15(5-1)6-3-8-19(18)20-14-25(24-23-20)17-11-16(12-22-13-17)21-9-4-10-26-21/h1-14H. The minimum atomic E-state index is 0.850. The predicted molar refractivity (Wildman–Crippen MR) is 105 cm³/mol. The molecule has 0 N–H and O–H groups in total. The first kappa shape index (κ1) is 15.0. The molecule has 0 aliphatic heterocycles. The first-order valence-electron chi connectivity index (χ1n) is 8.28. The second-order valence-corrected chi connectivity index (χ2v) is 6.93. The van der Waals surface area contributed by atoms with Crippen LogP contribution in [0.4, 0.5) is 0 Å². The highest BCUT2D eigenvalue weighted by Crippen LogP contribution is 2.28. The van der Waals surface area contributed by atoms with Crippen LogP contribution in [0.25, 0.3) is 38.2 Å². The van der Waals surface area contributed by atoms with Crippen LogP contribution in [0.1, 0.15) is 0 Å². The molecule has 0 unspecified atom stereocenters. The highest BCUT2D eigenvalue weighted by Gasteiger charge is 2.10. The monoisotopic (exact) mass is 354 g/mol. The van der Waals surface area contributed by atoms with Crippen LogP contribution >= 0.6 is 11.3 Å². The Morgan fingerprint density at radius 1 is 0.885 bits per heavy atom. The van der Waals surface area contributed by atoms with E-state index >= 15 is 0 Å². The highest BCUT2D eigenvalue weighted by atomic mass is 32.1. The second kappa shape index (κ2) is 6.20. The second-order valence-electron chi connectivity index (χ2n) is 5.98. The van der Waals surface area contributed by atoms with Crippen molar-refractivity contribution >= 4 is 22.1 Å². The number of pyridine rings is 1. The first-order chi connectivity index (χ1) is 12.9. The fraction of sp³-hybridized carbons (Fsp3) is 0. The molecule has 0 saturated carbocycles. The summed E-state index contributed by atoms with van der Waals surface area (Å²) < 4.78 is 1.78. The molecule has 0 spiro atoms. The largest absolute Gasteiger partial charge is 0.262 e. The Kier molecular flexibility index (Phi) is 3.57. The van der Waals surface area contributed by atoms with Gasteiger partial charge in [-0.25, -0.2) is 4.68 Å². The predicted octanol–water partition coefficient (Wildman–Crippen LogP) is 5.21. The molecular weight excluding hydrogens is 340 g/mol. The number of nitrogens with zero attached hydrogens (tertiary/aromatic N) is 4. The van der Waals surface area contributed by atoms with Gasteiger partial charge in [-0.3, -0.25) is 4.98 Å². The van der Waals surface area contributed by atoms with Crippen molar-refractivity contribution < 1.29 is 0 Å². The number of rotatable bonds is 3. The van der Waals surface area contributed by atoms with E-state index in [-0.39, 0.29) is 0 Å². The van der Waals surface area contributed by atoms with Gasteiger partial charge in [-0.15, -0.1) is 16.4 Å². The first-order valence-corrected chi connectivity index (χ1v) is 9.16. The summed E-state index contributed by atoms with van der Waals surface area (Å²) in [6, 6.07) is 20.8. The smallest absolute Gasteiger partial charge is 0.114 e. The summed E-state index contributed by atoms with van der Waals surface area (Å²) >= 11 is 1.70. The van der Waals surface area contributed by atoms with E-state index in [0.717, 1.165) is 22.5 Å². The fourth-order valence-corrected chi connectivity index (χ4v) is 3.80. The van der Waals surface area contributed by atoms with E-state index in [4.69, 9.17) is 0 Å². The number of benzene rings is 2. The molecule has 2 aromatic carbocycles. The van der Waals surface area contributed by atoms with E-state index in [2.05, 4.69) is 63.1 Å². The molecule has 0 radical (unpaired) electrons. The minimum absolute atomic E-state index is 0.850. The lowest BCUT2D eigenvalue weighted by molar-refractivity contribution is 0.800. The molecule has 0 aliphatic carbocycles. The van der Waals surface area contributed by atoms with Crippen molar-refractivity contribution in [1.29, 1.82) is 0 Å². The van der Waals surface area contributed by atoms with Gasteiger partial charge >= 0.3 is 0 Å². The Morgan fingerprint density at radius 3 is 2.73 bits per heavy atom. The summed E-state index contributed by atoms with van der Waals surface area (Å²) in [5.74, 6) is 0. The zero-order valence-electron chi connectivity index (χ0n) is 13.8. The summed E-state index contributed by atoms with van der Waals surface area (Å²) in [6.45, 7) is 0. The van der Waals surface area contributed by atoms with Gasteiger partial charge in [-0.05, 0) is 28.3 Å². The molecule has 3 heterocycles. The Hall–Kier alpha value is -3.31. The molecule has 0 atom stereocenters. The minimum Gasteiger partial charge on any atom is -0.262 e. The third kappa shape index (κ3) is 2.59. The third-order valence-corrected chi connectivity index (χ3v) is 5.27. The van der Waals surface area contributed by atoms with E-state index in [1.54, 1.807) is 22.2 Å². The van der Waals surface area contributed by atoms with Crippen LogP contribution in [-0.2, 0) is 0 Å². The molecule has 124 valence electrons. The molecule has 0 amide bonds. The van der Waals surface area contributed by atoms with Gasteiger partial charge in [-0.1, -0.05) is 53.7 Å². The normalized spacial score (nSPS) is 11.1. The van der Waals surface area contributed by atoms with Gasteiger partial charge < -0.3 is 0 Å². The molecule has 3 aromatic heterocycles. The lowest BCUT2D eigenvalue weighted by Gasteiger charge is -2.03. The molecule has 5 rings (SSSR count). The van der Waals surface area contributed by atoms with Crippen molar-refractivity contribution in [2.45, 2.75) is 0 Å². The van der Waals surface area contributed by atoms with E-state index in [9.17, 15) is 0 Å².